The summed E-state index contributed by atoms with van der Waals surface area (Å²) in [7, 11) is 0. The molecule has 24 heavy (non-hydrogen) atoms. The molecule has 2 N–H and O–H groups in total. The lowest BCUT2D eigenvalue weighted by molar-refractivity contribution is 0.0697. The lowest BCUT2D eigenvalue weighted by Gasteiger charge is -2.19. The number of carboxylic acid groups (broad SMARTS) is 1. The van der Waals surface area contributed by atoms with Gasteiger partial charge in [-0.15, -0.1) is 0 Å². The van der Waals surface area contributed by atoms with Gasteiger partial charge in [-0.2, -0.15) is 0 Å². The molecule has 0 unspecified atom stereocenters. The average Bonchev–Trinajstić information content (AvgIpc) is 2.54. The zero-order valence-electron chi connectivity index (χ0n) is 14.5. The molecule has 0 aliphatic rings. The van der Waals surface area contributed by atoms with Gasteiger partial charge in [0.2, 0.25) is 0 Å². The molecule has 0 aliphatic heterocycles. The van der Waals surface area contributed by atoms with E-state index < -0.39 is 5.97 Å². The first kappa shape index (κ1) is 18.0. The first-order valence-corrected chi connectivity index (χ1v) is 8.12. The number of benzene rings is 2. The van der Waals surface area contributed by atoms with E-state index in [0.717, 1.165) is 17.9 Å². The van der Waals surface area contributed by atoms with Crippen LogP contribution >= 0.6 is 0 Å². The molecule has 0 bridgehead atoms. The molecular weight excluding hydrogens is 302 g/mol. The van der Waals surface area contributed by atoms with Gasteiger partial charge in [0.15, 0.2) is 0 Å². The van der Waals surface area contributed by atoms with Crippen LogP contribution in [0.4, 0.5) is 0 Å². The fourth-order valence-electron chi connectivity index (χ4n) is 2.29. The minimum absolute atomic E-state index is 0.149. The van der Waals surface area contributed by atoms with Crippen molar-refractivity contribution >= 4 is 5.97 Å². The average molecular weight is 327 g/mol. The summed E-state index contributed by atoms with van der Waals surface area (Å²) in [4.78, 5) is 10.8. The van der Waals surface area contributed by atoms with Crippen LogP contribution in [-0.2, 0) is 12.0 Å². The summed E-state index contributed by atoms with van der Waals surface area (Å²) in [5.74, 6) is -0.0315. The molecule has 4 heteroatoms. The molecule has 2 aromatic rings. The molecule has 0 aromatic heterocycles. The van der Waals surface area contributed by atoms with Crippen LogP contribution in [0.1, 0.15) is 42.3 Å². The number of rotatable bonds is 7. The molecule has 2 aromatic carbocycles. The van der Waals surface area contributed by atoms with Crippen LogP contribution in [-0.4, -0.2) is 24.2 Å². The molecule has 128 valence electrons. The summed E-state index contributed by atoms with van der Waals surface area (Å²) in [5, 5.41) is 12.1. The Kier molecular flexibility index (Phi) is 5.99. The molecule has 0 saturated carbocycles. The first-order valence-electron chi connectivity index (χ1n) is 8.12. The summed E-state index contributed by atoms with van der Waals surface area (Å²) in [6.45, 7) is 8.57. The summed E-state index contributed by atoms with van der Waals surface area (Å²) >= 11 is 0. The Labute approximate surface area is 143 Å². The fourth-order valence-corrected chi connectivity index (χ4v) is 2.29. The van der Waals surface area contributed by atoms with Crippen molar-refractivity contribution in [3.8, 4) is 5.75 Å². The Bertz CT molecular complexity index is 655. The maximum absolute atomic E-state index is 10.8. The third-order valence-electron chi connectivity index (χ3n) is 3.80. The lowest BCUT2D eigenvalue weighted by atomic mass is 9.87. The second-order valence-corrected chi connectivity index (χ2v) is 6.80. The highest BCUT2D eigenvalue weighted by Crippen LogP contribution is 2.24. The van der Waals surface area contributed by atoms with Crippen molar-refractivity contribution in [2.75, 3.05) is 13.2 Å². The Balaban J connectivity index is 1.70. The van der Waals surface area contributed by atoms with Crippen molar-refractivity contribution < 1.29 is 14.6 Å². The summed E-state index contributed by atoms with van der Waals surface area (Å²) in [6, 6.07) is 15.1. The van der Waals surface area contributed by atoms with Gasteiger partial charge < -0.3 is 15.2 Å². The third-order valence-corrected chi connectivity index (χ3v) is 3.80. The second kappa shape index (κ2) is 7.97. The van der Waals surface area contributed by atoms with Crippen LogP contribution < -0.4 is 10.1 Å². The maximum atomic E-state index is 10.8. The number of nitrogens with one attached hydrogen (secondary N) is 1. The van der Waals surface area contributed by atoms with Gasteiger partial charge in [0.25, 0.3) is 0 Å². The minimum atomic E-state index is -0.902. The normalized spacial score (nSPS) is 11.3. The topological polar surface area (TPSA) is 58.6 Å². The quantitative estimate of drug-likeness (QED) is 0.758. The van der Waals surface area contributed by atoms with Crippen LogP contribution in [0.15, 0.2) is 48.5 Å². The zero-order chi connectivity index (χ0) is 17.6. The first-order chi connectivity index (χ1) is 11.4. The highest BCUT2D eigenvalue weighted by atomic mass is 16.5. The van der Waals surface area contributed by atoms with Crippen molar-refractivity contribution in [2.45, 2.75) is 32.7 Å². The van der Waals surface area contributed by atoms with Gasteiger partial charge in [-0.25, -0.2) is 4.79 Å². The molecule has 0 heterocycles. The van der Waals surface area contributed by atoms with Crippen molar-refractivity contribution in [1.29, 1.82) is 0 Å². The summed E-state index contributed by atoms with van der Waals surface area (Å²) in [5.41, 5.74) is 2.80. The van der Waals surface area contributed by atoms with Gasteiger partial charge in [0.1, 0.15) is 12.4 Å². The van der Waals surface area contributed by atoms with Crippen molar-refractivity contribution in [3.63, 3.8) is 0 Å². The molecule has 0 fully saturated rings. The minimum Gasteiger partial charge on any atom is -0.492 e. The van der Waals surface area contributed by atoms with E-state index in [1.54, 1.807) is 12.1 Å². The van der Waals surface area contributed by atoms with Crippen LogP contribution in [0.3, 0.4) is 0 Å². The van der Waals surface area contributed by atoms with Crippen LogP contribution in [0.5, 0.6) is 5.75 Å². The Morgan fingerprint density at radius 3 is 2.21 bits per heavy atom. The molecule has 2 rings (SSSR count). The Hall–Kier alpha value is -2.33. The number of carbonyl (C=O) groups is 1. The zero-order valence-corrected chi connectivity index (χ0v) is 14.5. The van der Waals surface area contributed by atoms with Gasteiger partial charge in [-0.1, -0.05) is 45.0 Å². The molecule has 0 spiro atoms. The van der Waals surface area contributed by atoms with E-state index in [9.17, 15) is 4.79 Å². The van der Waals surface area contributed by atoms with Crippen LogP contribution in [0.2, 0.25) is 0 Å². The van der Waals surface area contributed by atoms with Gasteiger partial charge >= 0.3 is 5.97 Å². The van der Waals surface area contributed by atoms with E-state index in [1.807, 2.05) is 24.3 Å². The van der Waals surface area contributed by atoms with E-state index in [-0.39, 0.29) is 5.41 Å². The number of hydrogen-bond donors (Lipinski definition) is 2. The predicted molar refractivity (Wildman–Crippen MR) is 95.7 cm³/mol. The van der Waals surface area contributed by atoms with Gasteiger partial charge in [-0.05, 0) is 40.8 Å². The van der Waals surface area contributed by atoms with Crippen molar-refractivity contribution in [2.24, 2.45) is 0 Å². The maximum Gasteiger partial charge on any atom is 0.335 e. The monoisotopic (exact) mass is 327 g/mol. The van der Waals surface area contributed by atoms with Gasteiger partial charge in [0.05, 0.1) is 5.56 Å². The smallest absolute Gasteiger partial charge is 0.335 e. The third kappa shape index (κ3) is 5.39. The number of hydrogen-bond acceptors (Lipinski definition) is 3. The number of ether oxygens (including phenoxy) is 1. The van der Waals surface area contributed by atoms with Gasteiger partial charge in [0, 0.05) is 13.1 Å². The van der Waals surface area contributed by atoms with Crippen LogP contribution in [0, 0.1) is 0 Å². The largest absolute Gasteiger partial charge is 0.492 e. The molecule has 0 atom stereocenters. The van der Waals surface area contributed by atoms with E-state index in [2.05, 4.69) is 38.2 Å². The Morgan fingerprint density at radius 2 is 1.67 bits per heavy atom. The van der Waals surface area contributed by atoms with Crippen molar-refractivity contribution in [1.82, 2.24) is 5.32 Å². The van der Waals surface area contributed by atoms with Gasteiger partial charge in [-0.3, -0.25) is 0 Å². The predicted octanol–water partition coefficient (Wildman–Crippen LogP) is 3.85. The van der Waals surface area contributed by atoms with E-state index in [0.29, 0.717) is 18.7 Å². The molecule has 0 saturated heterocycles. The fraction of sp³-hybridized carbons (Fsp3) is 0.350. The lowest BCUT2D eigenvalue weighted by Crippen LogP contribution is -2.20. The van der Waals surface area contributed by atoms with Crippen LogP contribution in [0.25, 0.3) is 0 Å². The second-order valence-electron chi connectivity index (χ2n) is 6.80. The molecular formula is C20H25NO3. The van der Waals surface area contributed by atoms with Crippen molar-refractivity contribution in [3.05, 3.63) is 65.2 Å². The summed E-state index contributed by atoms with van der Waals surface area (Å²) in [6.07, 6.45) is 0. The summed E-state index contributed by atoms with van der Waals surface area (Å²) < 4.78 is 5.72. The van der Waals surface area contributed by atoms with E-state index >= 15 is 0 Å². The number of carboxylic acids is 1. The molecule has 0 amide bonds. The Morgan fingerprint density at radius 1 is 1.04 bits per heavy atom. The molecule has 0 aliphatic carbocycles. The van der Waals surface area contributed by atoms with E-state index in [1.165, 1.54) is 5.56 Å². The number of aromatic carboxylic acids is 1. The standard InChI is InChI=1S/C20H25NO3/c1-20(2,3)17-8-10-18(11-9-17)24-13-12-21-14-15-4-6-16(7-5-15)19(22)23/h4-11,21H,12-14H2,1-3H3,(H,22,23). The SMILES string of the molecule is CC(C)(C)c1ccc(OCCNCc2ccc(C(=O)O)cc2)cc1. The molecule has 4 nitrogen and oxygen atoms in total. The molecule has 0 radical (unpaired) electrons. The highest BCUT2D eigenvalue weighted by Gasteiger charge is 2.12. The van der Waals surface area contributed by atoms with E-state index in [4.69, 9.17) is 9.84 Å². The highest BCUT2D eigenvalue weighted by molar-refractivity contribution is 5.87.